The summed E-state index contributed by atoms with van der Waals surface area (Å²) < 4.78 is 10.8. The summed E-state index contributed by atoms with van der Waals surface area (Å²) in [5, 5.41) is 0. The Morgan fingerprint density at radius 3 is 2.19 bits per heavy atom. The third-order valence-corrected chi connectivity index (χ3v) is 5.65. The minimum Gasteiger partial charge on any atom is -0.496 e. The zero-order valence-electron chi connectivity index (χ0n) is 16.1. The van der Waals surface area contributed by atoms with Crippen LogP contribution in [0.3, 0.4) is 0 Å². The number of ether oxygens (including phenoxy) is 2. The Kier molecular flexibility index (Phi) is 5.12. The monoisotopic (exact) mass is 360 g/mol. The Labute approximate surface area is 155 Å². The van der Waals surface area contributed by atoms with Gasteiger partial charge in [-0.1, -0.05) is 6.07 Å². The second-order valence-corrected chi connectivity index (χ2v) is 7.33. The molecule has 1 aromatic carbocycles. The molecule has 0 saturated carbocycles. The lowest BCUT2D eigenvalue weighted by Crippen LogP contribution is -2.62. The number of amides is 2. The van der Waals surface area contributed by atoms with Gasteiger partial charge in [0.05, 0.1) is 14.2 Å². The normalized spacial score (nSPS) is 23.0. The largest absolute Gasteiger partial charge is 0.496 e. The Balaban J connectivity index is 2.01. The topological polar surface area (TPSA) is 59.1 Å². The summed E-state index contributed by atoms with van der Waals surface area (Å²) >= 11 is 0. The van der Waals surface area contributed by atoms with E-state index >= 15 is 0 Å². The number of benzene rings is 1. The van der Waals surface area contributed by atoms with Gasteiger partial charge in [0.1, 0.15) is 22.6 Å². The quantitative estimate of drug-likeness (QED) is 0.828. The standard InChI is InChI=1S/C20H28N2O4/c1-14(2)21-12-6-10-20(19(21)24)11-7-13-22(20)18(23)17-15(25-3)8-5-9-16(17)26-4/h5,8-9,14H,6-7,10-13H2,1-4H3. The molecule has 0 N–H and O–H groups in total. The molecule has 0 radical (unpaired) electrons. The number of methoxy groups -OCH3 is 2. The number of nitrogens with zero attached hydrogens (tertiary/aromatic N) is 2. The van der Waals surface area contributed by atoms with Gasteiger partial charge in [-0.15, -0.1) is 0 Å². The van der Waals surface area contributed by atoms with Crippen molar-refractivity contribution in [3.05, 3.63) is 23.8 Å². The van der Waals surface area contributed by atoms with Gasteiger partial charge in [-0.3, -0.25) is 9.59 Å². The summed E-state index contributed by atoms with van der Waals surface area (Å²) in [7, 11) is 3.08. The number of carbonyl (C=O) groups is 2. The van der Waals surface area contributed by atoms with E-state index in [1.54, 1.807) is 23.1 Å². The van der Waals surface area contributed by atoms with E-state index in [1.165, 1.54) is 14.2 Å². The number of hydrogen-bond acceptors (Lipinski definition) is 4. The van der Waals surface area contributed by atoms with Crippen LogP contribution in [0.4, 0.5) is 0 Å². The first-order chi connectivity index (χ1) is 12.5. The lowest BCUT2D eigenvalue weighted by atomic mass is 9.84. The third-order valence-electron chi connectivity index (χ3n) is 5.65. The number of hydrogen-bond donors (Lipinski definition) is 0. The van der Waals surface area contributed by atoms with Crippen LogP contribution in [0.15, 0.2) is 18.2 Å². The van der Waals surface area contributed by atoms with Gasteiger partial charge in [0.15, 0.2) is 0 Å². The van der Waals surface area contributed by atoms with E-state index in [2.05, 4.69) is 0 Å². The van der Waals surface area contributed by atoms with E-state index in [9.17, 15) is 9.59 Å². The summed E-state index contributed by atoms with van der Waals surface area (Å²) in [6.45, 7) is 5.40. The molecule has 3 rings (SSSR count). The molecule has 2 fully saturated rings. The molecule has 26 heavy (non-hydrogen) atoms. The molecule has 2 saturated heterocycles. The maximum absolute atomic E-state index is 13.5. The number of rotatable bonds is 4. The predicted molar refractivity (Wildman–Crippen MR) is 98.6 cm³/mol. The van der Waals surface area contributed by atoms with Crippen LogP contribution >= 0.6 is 0 Å². The smallest absolute Gasteiger partial charge is 0.262 e. The van der Waals surface area contributed by atoms with E-state index in [0.717, 1.165) is 32.2 Å². The molecule has 1 aromatic rings. The van der Waals surface area contributed by atoms with Gasteiger partial charge in [-0.2, -0.15) is 0 Å². The Morgan fingerprint density at radius 1 is 1.08 bits per heavy atom. The number of piperidine rings is 1. The molecule has 2 heterocycles. The van der Waals surface area contributed by atoms with Crippen LogP contribution in [0.1, 0.15) is 49.9 Å². The molecule has 1 atom stereocenters. The molecular formula is C20H28N2O4. The van der Waals surface area contributed by atoms with Crippen LogP contribution in [0.5, 0.6) is 11.5 Å². The first kappa shape index (κ1) is 18.5. The van der Waals surface area contributed by atoms with Crippen molar-refractivity contribution < 1.29 is 19.1 Å². The highest BCUT2D eigenvalue weighted by Gasteiger charge is 2.53. The van der Waals surface area contributed by atoms with Crippen molar-refractivity contribution >= 4 is 11.8 Å². The average Bonchev–Trinajstić information content (AvgIpc) is 3.06. The lowest BCUT2D eigenvalue weighted by Gasteiger charge is -2.46. The van der Waals surface area contributed by atoms with Gasteiger partial charge in [0, 0.05) is 19.1 Å². The molecule has 6 heteroatoms. The van der Waals surface area contributed by atoms with Gasteiger partial charge in [0.2, 0.25) is 5.91 Å². The van der Waals surface area contributed by atoms with Crippen molar-refractivity contribution in [1.29, 1.82) is 0 Å². The highest BCUT2D eigenvalue weighted by Crippen LogP contribution is 2.41. The highest BCUT2D eigenvalue weighted by molar-refractivity contribution is 6.03. The van der Waals surface area contributed by atoms with Crippen LogP contribution in [0.2, 0.25) is 0 Å². The molecule has 6 nitrogen and oxygen atoms in total. The number of likely N-dealkylation sites (tertiary alicyclic amines) is 2. The molecule has 1 spiro atoms. The molecule has 0 bridgehead atoms. The predicted octanol–water partition coefficient (Wildman–Crippen LogP) is 2.71. The zero-order valence-corrected chi connectivity index (χ0v) is 16.1. The van der Waals surface area contributed by atoms with E-state index < -0.39 is 5.54 Å². The van der Waals surface area contributed by atoms with Crippen molar-refractivity contribution in [2.45, 2.75) is 51.1 Å². The van der Waals surface area contributed by atoms with Crippen molar-refractivity contribution in [3.63, 3.8) is 0 Å². The van der Waals surface area contributed by atoms with Gasteiger partial charge < -0.3 is 19.3 Å². The van der Waals surface area contributed by atoms with Crippen LogP contribution < -0.4 is 9.47 Å². The molecule has 2 aliphatic heterocycles. The summed E-state index contributed by atoms with van der Waals surface area (Å²) in [5.74, 6) is 0.843. The van der Waals surface area contributed by atoms with E-state index in [4.69, 9.17) is 9.47 Å². The SMILES string of the molecule is COc1cccc(OC)c1C(=O)N1CCCC12CCCN(C(C)C)C2=O. The van der Waals surface area contributed by atoms with E-state index in [0.29, 0.717) is 23.6 Å². The second-order valence-electron chi connectivity index (χ2n) is 7.33. The van der Waals surface area contributed by atoms with Gasteiger partial charge in [0.25, 0.3) is 5.91 Å². The molecule has 2 aliphatic rings. The second kappa shape index (κ2) is 7.17. The molecule has 142 valence electrons. The summed E-state index contributed by atoms with van der Waals surface area (Å²) in [5.41, 5.74) is -0.334. The van der Waals surface area contributed by atoms with Crippen molar-refractivity contribution in [2.24, 2.45) is 0 Å². The maximum Gasteiger partial charge on any atom is 0.262 e. The van der Waals surface area contributed by atoms with Gasteiger partial charge in [-0.25, -0.2) is 0 Å². The minimum absolute atomic E-state index is 0.0819. The molecular weight excluding hydrogens is 332 g/mol. The van der Waals surface area contributed by atoms with Crippen LogP contribution in [-0.4, -0.2) is 60.5 Å². The minimum atomic E-state index is -0.731. The summed E-state index contributed by atoms with van der Waals surface area (Å²) in [4.78, 5) is 30.5. The zero-order chi connectivity index (χ0) is 18.9. The van der Waals surface area contributed by atoms with E-state index in [-0.39, 0.29) is 17.9 Å². The molecule has 1 unspecified atom stereocenters. The lowest BCUT2D eigenvalue weighted by molar-refractivity contribution is -0.147. The first-order valence-corrected chi connectivity index (χ1v) is 9.30. The fourth-order valence-corrected chi connectivity index (χ4v) is 4.36. The van der Waals surface area contributed by atoms with Gasteiger partial charge in [-0.05, 0) is 51.7 Å². The molecule has 2 amide bonds. The van der Waals surface area contributed by atoms with Gasteiger partial charge >= 0.3 is 0 Å². The Bertz CT molecular complexity index is 681. The highest BCUT2D eigenvalue weighted by atomic mass is 16.5. The third kappa shape index (κ3) is 2.81. The maximum atomic E-state index is 13.5. The fraction of sp³-hybridized carbons (Fsp3) is 0.600. The van der Waals surface area contributed by atoms with Crippen molar-refractivity contribution in [1.82, 2.24) is 9.80 Å². The number of carbonyl (C=O) groups excluding carboxylic acids is 2. The molecule has 0 aliphatic carbocycles. The van der Waals surface area contributed by atoms with Crippen molar-refractivity contribution in [3.8, 4) is 11.5 Å². The van der Waals surface area contributed by atoms with Crippen LogP contribution in [-0.2, 0) is 4.79 Å². The average molecular weight is 360 g/mol. The van der Waals surface area contributed by atoms with Crippen molar-refractivity contribution in [2.75, 3.05) is 27.3 Å². The first-order valence-electron chi connectivity index (χ1n) is 9.30. The Hall–Kier alpha value is -2.24. The summed E-state index contributed by atoms with van der Waals surface area (Å²) in [6, 6.07) is 5.43. The molecule has 0 aromatic heterocycles. The van der Waals surface area contributed by atoms with Crippen LogP contribution in [0.25, 0.3) is 0 Å². The van der Waals surface area contributed by atoms with Crippen LogP contribution in [0, 0.1) is 0 Å². The Morgan fingerprint density at radius 2 is 1.65 bits per heavy atom. The fourth-order valence-electron chi connectivity index (χ4n) is 4.36. The van der Waals surface area contributed by atoms with E-state index in [1.807, 2.05) is 18.7 Å². The summed E-state index contributed by atoms with van der Waals surface area (Å²) in [6.07, 6.45) is 3.19.